The first-order chi connectivity index (χ1) is 20.5. The van der Waals surface area contributed by atoms with Crippen molar-refractivity contribution in [2.24, 2.45) is 11.8 Å². The third-order valence-electron chi connectivity index (χ3n) is 8.96. The number of carboxylic acids is 1. The second-order valence-corrected chi connectivity index (χ2v) is 12.1. The van der Waals surface area contributed by atoms with E-state index in [-0.39, 0.29) is 30.0 Å². The van der Waals surface area contributed by atoms with Crippen LogP contribution in [0.2, 0.25) is 0 Å². The van der Waals surface area contributed by atoms with Crippen LogP contribution >= 0.6 is 0 Å². The number of hydrogen-bond acceptors (Lipinski definition) is 6. The number of alkyl halides is 4. The van der Waals surface area contributed by atoms with Gasteiger partial charge in [-0.25, -0.2) is 14.2 Å². The Morgan fingerprint density at radius 3 is 2.42 bits per heavy atom. The molecule has 1 saturated heterocycles. The van der Waals surface area contributed by atoms with Gasteiger partial charge < -0.3 is 14.7 Å². The third-order valence-corrected chi connectivity index (χ3v) is 8.96. The lowest BCUT2D eigenvalue weighted by Gasteiger charge is -2.33. The Labute approximate surface area is 248 Å². The van der Waals surface area contributed by atoms with Crippen LogP contribution in [0, 0.1) is 11.8 Å². The molecular formula is C31H38F4N4O4. The smallest absolute Gasteiger partial charge is 0.416 e. The van der Waals surface area contributed by atoms with Gasteiger partial charge in [-0.1, -0.05) is 0 Å². The van der Waals surface area contributed by atoms with Gasteiger partial charge in [0.2, 0.25) is 0 Å². The predicted octanol–water partition coefficient (Wildman–Crippen LogP) is 7.03. The third kappa shape index (κ3) is 7.21. The molecule has 2 heterocycles. The van der Waals surface area contributed by atoms with E-state index in [1.807, 2.05) is 6.92 Å². The normalized spacial score (nSPS) is 24.2. The molecule has 2 aromatic rings. The van der Waals surface area contributed by atoms with Crippen LogP contribution in [0.4, 0.5) is 28.2 Å². The Balaban J connectivity index is 1.37. The maximum atomic E-state index is 13.5. The highest BCUT2D eigenvalue weighted by atomic mass is 19.4. The summed E-state index contributed by atoms with van der Waals surface area (Å²) >= 11 is 0. The van der Waals surface area contributed by atoms with Crippen molar-refractivity contribution < 1.29 is 37.0 Å². The molecule has 234 valence electrons. The van der Waals surface area contributed by atoms with E-state index in [0.717, 1.165) is 62.9 Å². The first-order valence-corrected chi connectivity index (χ1v) is 15.0. The van der Waals surface area contributed by atoms with Crippen molar-refractivity contribution in [2.45, 2.75) is 96.3 Å². The van der Waals surface area contributed by atoms with Crippen molar-refractivity contribution in [3.8, 4) is 0 Å². The monoisotopic (exact) mass is 606 g/mol. The molecule has 5 rings (SSSR count). The van der Waals surface area contributed by atoms with Crippen LogP contribution in [0.3, 0.4) is 0 Å². The Hall–Kier alpha value is -3.44. The molecule has 12 heteroatoms. The van der Waals surface area contributed by atoms with Crippen molar-refractivity contribution in [2.75, 3.05) is 18.0 Å². The number of hydrogen-bond donors (Lipinski definition) is 1. The molecule has 0 bridgehead atoms. The molecular weight excluding hydrogens is 568 g/mol. The fourth-order valence-corrected chi connectivity index (χ4v) is 6.37. The van der Waals surface area contributed by atoms with Crippen molar-refractivity contribution in [3.63, 3.8) is 0 Å². The van der Waals surface area contributed by atoms with E-state index < -0.39 is 42.6 Å². The van der Waals surface area contributed by atoms with Crippen LogP contribution in [0.1, 0.15) is 98.9 Å². The molecule has 0 radical (unpaired) electrons. The summed E-state index contributed by atoms with van der Waals surface area (Å²) in [6, 6.07) is 2.37. The molecule has 2 atom stereocenters. The predicted molar refractivity (Wildman–Crippen MR) is 150 cm³/mol. The van der Waals surface area contributed by atoms with Gasteiger partial charge in [0.1, 0.15) is 18.5 Å². The first kappa shape index (κ1) is 31.0. The van der Waals surface area contributed by atoms with Gasteiger partial charge in [0.25, 0.3) is 0 Å². The van der Waals surface area contributed by atoms with Crippen LogP contribution in [0.25, 0.3) is 0 Å². The molecule has 0 spiro atoms. The Morgan fingerprint density at radius 2 is 1.81 bits per heavy atom. The lowest BCUT2D eigenvalue weighted by atomic mass is 9.80. The average molecular weight is 607 g/mol. The number of halogens is 4. The van der Waals surface area contributed by atoms with Crippen molar-refractivity contribution in [1.29, 1.82) is 0 Å². The van der Waals surface area contributed by atoms with Gasteiger partial charge in [-0.2, -0.15) is 13.2 Å². The number of rotatable bonds is 11. The number of aromatic nitrogens is 2. The number of cyclic esters (lactones) is 1. The van der Waals surface area contributed by atoms with Gasteiger partial charge >= 0.3 is 18.2 Å². The fraction of sp³-hybridized carbons (Fsp3) is 0.613. The Bertz CT molecular complexity index is 1330. The maximum Gasteiger partial charge on any atom is 0.416 e. The van der Waals surface area contributed by atoms with Gasteiger partial charge in [-0.05, 0) is 93.5 Å². The summed E-state index contributed by atoms with van der Waals surface area (Å²) < 4.78 is 59.6. The second-order valence-electron chi connectivity index (χ2n) is 12.1. The molecule has 1 aliphatic heterocycles. The molecule has 2 saturated carbocycles. The molecule has 1 aromatic carbocycles. The summed E-state index contributed by atoms with van der Waals surface area (Å²) in [7, 11) is 0. The first-order valence-electron chi connectivity index (χ1n) is 15.0. The lowest BCUT2D eigenvalue weighted by molar-refractivity contribution is -0.139. The fourth-order valence-electron chi connectivity index (χ4n) is 6.37. The topological polar surface area (TPSA) is 95.9 Å². The van der Waals surface area contributed by atoms with E-state index in [1.54, 1.807) is 13.1 Å². The molecule has 1 amide bonds. The summed E-state index contributed by atoms with van der Waals surface area (Å²) in [6.07, 6.45) is 1.24. The quantitative estimate of drug-likeness (QED) is 0.274. The highest BCUT2D eigenvalue weighted by molar-refractivity contribution is 5.71. The van der Waals surface area contributed by atoms with E-state index in [0.29, 0.717) is 29.9 Å². The summed E-state index contributed by atoms with van der Waals surface area (Å²) in [5.41, 5.74) is 0.431. The summed E-state index contributed by atoms with van der Waals surface area (Å²) in [6.45, 7) is 4.09. The Kier molecular flexibility index (Phi) is 9.12. The number of carbonyl (C=O) groups excluding carboxylic acids is 1. The van der Waals surface area contributed by atoms with E-state index in [1.165, 1.54) is 11.0 Å². The van der Waals surface area contributed by atoms with Crippen LogP contribution in [0.5, 0.6) is 0 Å². The average Bonchev–Trinajstić information content (AvgIpc) is 3.78. The van der Waals surface area contributed by atoms with Gasteiger partial charge in [-0.3, -0.25) is 14.7 Å². The van der Waals surface area contributed by atoms with Gasteiger partial charge in [0.05, 0.1) is 30.0 Å². The highest BCUT2D eigenvalue weighted by Gasteiger charge is 2.42. The summed E-state index contributed by atoms with van der Waals surface area (Å²) in [5, 5.41) is 9.14. The maximum absolute atomic E-state index is 13.5. The molecule has 1 aromatic heterocycles. The van der Waals surface area contributed by atoms with Gasteiger partial charge in [-0.15, -0.1) is 0 Å². The van der Waals surface area contributed by atoms with Crippen LogP contribution in [-0.2, 0) is 28.9 Å². The number of nitrogens with zero attached hydrogens (tertiary/aromatic N) is 4. The van der Waals surface area contributed by atoms with E-state index >= 15 is 0 Å². The minimum Gasteiger partial charge on any atom is -0.481 e. The lowest BCUT2D eigenvalue weighted by Crippen LogP contribution is -2.36. The largest absolute Gasteiger partial charge is 0.481 e. The number of amides is 1. The number of ether oxygens (including phenoxy) is 1. The van der Waals surface area contributed by atoms with Gasteiger partial charge in [0, 0.05) is 25.4 Å². The van der Waals surface area contributed by atoms with Crippen molar-refractivity contribution >= 4 is 17.9 Å². The van der Waals surface area contributed by atoms with Crippen molar-refractivity contribution in [3.05, 3.63) is 52.5 Å². The zero-order chi connectivity index (χ0) is 30.9. The molecule has 8 nitrogen and oxygen atoms in total. The summed E-state index contributed by atoms with van der Waals surface area (Å²) in [4.78, 5) is 37.6. The van der Waals surface area contributed by atoms with E-state index in [9.17, 15) is 27.2 Å². The second kappa shape index (κ2) is 12.7. The number of carboxylic acid groups (broad SMARTS) is 1. The van der Waals surface area contributed by atoms with Crippen molar-refractivity contribution in [1.82, 2.24) is 14.9 Å². The van der Waals surface area contributed by atoms with Crippen LogP contribution < -0.4 is 4.90 Å². The Morgan fingerprint density at radius 1 is 1.12 bits per heavy atom. The molecule has 1 unspecified atom stereocenters. The molecule has 2 aliphatic carbocycles. The minimum atomic E-state index is -4.67. The zero-order valence-electron chi connectivity index (χ0n) is 24.4. The number of benzene rings is 1. The molecule has 1 N–H and O–H groups in total. The highest BCUT2D eigenvalue weighted by Crippen LogP contribution is 2.41. The van der Waals surface area contributed by atoms with E-state index in [4.69, 9.17) is 19.8 Å². The summed E-state index contributed by atoms with van der Waals surface area (Å²) in [5.74, 6) is 0.780. The molecule has 3 aliphatic rings. The standard InChI is InChI=1S/C31H38F4N4O4/c1-3-38(16-20-6-4-19(5-7-20)12-27(40)41)29-26(37-25(15-36-29)22-8-9-22)17-39-18(2)28(43-30(39)42)23-10-21(14-32)11-24(13-23)31(33,34)35/h10-11,13,15,18-20,22,28H,3-9,12,14,16-17H2,1-2H3,(H,40,41)/t18-,19-,20-,28?/m0/s1. The van der Waals surface area contributed by atoms with Crippen LogP contribution in [0.15, 0.2) is 24.4 Å². The number of anilines is 1. The molecule has 43 heavy (non-hydrogen) atoms. The number of carbonyl (C=O) groups is 2. The van der Waals surface area contributed by atoms with E-state index in [2.05, 4.69) is 4.90 Å². The molecule has 3 fully saturated rings. The SMILES string of the molecule is CCN(C[C@H]1CC[C@H](CC(=O)O)CC1)c1ncc(C2CC2)nc1CN1C(=O)OC(c2cc(CF)cc(C(F)(F)F)c2)[C@@H]1C. The van der Waals surface area contributed by atoms with Gasteiger partial charge in [0.15, 0.2) is 5.82 Å². The zero-order valence-corrected chi connectivity index (χ0v) is 24.4. The minimum absolute atomic E-state index is 0.0657. The number of aliphatic carboxylic acids is 1. The van der Waals surface area contributed by atoms with Crippen LogP contribution in [-0.4, -0.2) is 51.2 Å².